The number of nitrogens with two attached hydrogens (primary N) is 1. The van der Waals surface area contributed by atoms with Gasteiger partial charge in [-0.3, -0.25) is 4.84 Å². The summed E-state index contributed by atoms with van der Waals surface area (Å²) in [6.07, 6.45) is 1.85. The Balaban J connectivity index is 2.79. The molecule has 0 saturated carbocycles. The number of rotatable bonds is 5. The van der Waals surface area contributed by atoms with Gasteiger partial charge in [-0.15, -0.1) is 0 Å². The lowest BCUT2D eigenvalue weighted by Gasteiger charge is -2.23. The summed E-state index contributed by atoms with van der Waals surface area (Å²) in [5.41, 5.74) is 7.10. The third kappa shape index (κ3) is 4.07. The van der Waals surface area contributed by atoms with Gasteiger partial charge in [0.25, 0.3) is 0 Å². The van der Waals surface area contributed by atoms with Crippen LogP contribution in [0.3, 0.4) is 0 Å². The molecule has 0 aliphatic heterocycles. The molecule has 2 N–H and O–H groups in total. The van der Waals surface area contributed by atoms with Gasteiger partial charge in [-0.2, -0.15) is 5.06 Å². The van der Waals surface area contributed by atoms with Crippen LogP contribution in [0.1, 0.15) is 32.3 Å². The molecular formula is C13H20N2O2. The molecule has 1 aromatic rings. The first kappa shape index (κ1) is 13.5. The highest BCUT2D eigenvalue weighted by atomic mass is 16.7. The molecule has 0 bridgehead atoms. The van der Waals surface area contributed by atoms with Crippen LogP contribution in [0.4, 0.5) is 10.5 Å². The van der Waals surface area contributed by atoms with Crippen LogP contribution in [0.5, 0.6) is 0 Å². The first-order valence-corrected chi connectivity index (χ1v) is 5.87. The molecule has 0 radical (unpaired) electrons. The summed E-state index contributed by atoms with van der Waals surface area (Å²) in [6.45, 7) is 5.98. The SMILES string of the molecule is CCC[C@H](C)ON(C(N)=O)c1ccc(C)cc1. The summed E-state index contributed by atoms with van der Waals surface area (Å²) in [5, 5.41) is 1.15. The molecular weight excluding hydrogens is 216 g/mol. The largest absolute Gasteiger partial charge is 0.349 e. The number of anilines is 1. The fourth-order valence-corrected chi connectivity index (χ4v) is 1.56. The summed E-state index contributed by atoms with van der Waals surface area (Å²) in [7, 11) is 0. The zero-order chi connectivity index (χ0) is 12.8. The summed E-state index contributed by atoms with van der Waals surface area (Å²) in [4.78, 5) is 16.9. The smallest absolute Gasteiger partial charge is 0.343 e. The van der Waals surface area contributed by atoms with Gasteiger partial charge in [0.15, 0.2) is 0 Å². The lowest BCUT2D eigenvalue weighted by molar-refractivity contribution is 0.0535. The number of aryl methyl sites for hydroxylation is 1. The third-order valence-electron chi connectivity index (χ3n) is 2.45. The number of carbonyl (C=O) groups is 1. The molecule has 0 saturated heterocycles. The van der Waals surface area contributed by atoms with E-state index in [0.29, 0.717) is 5.69 Å². The first-order valence-electron chi connectivity index (χ1n) is 5.87. The Morgan fingerprint density at radius 3 is 2.47 bits per heavy atom. The van der Waals surface area contributed by atoms with Crippen LogP contribution in [-0.4, -0.2) is 12.1 Å². The molecule has 4 nitrogen and oxygen atoms in total. The van der Waals surface area contributed by atoms with Gasteiger partial charge in [-0.05, 0) is 32.4 Å². The molecule has 0 aromatic heterocycles. The Morgan fingerprint density at radius 2 is 2.00 bits per heavy atom. The van der Waals surface area contributed by atoms with Crippen molar-refractivity contribution in [2.75, 3.05) is 5.06 Å². The fourth-order valence-electron chi connectivity index (χ4n) is 1.56. The van der Waals surface area contributed by atoms with Crippen molar-refractivity contribution in [1.82, 2.24) is 0 Å². The molecule has 1 rings (SSSR count). The highest BCUT2D eigenvalue weighted by molar-refractivity contribution is 5.88. The van der Waals surface area contributed by atoms with E-state index in [0.717, 1.165) is 23.5 Å². The van der Waals surface area contributed by atoms with Gasteiger partial charge in [-0.1, -0.05) is 31.0 Å². The quantitative estimate of drug-likeness (QED) is 0.799. The molecule has 0 spiro atoms. The molecule has 94 valence electrons. The van der Waals surface area contributed by atoms with Gasteiger partial charge < -0.3 is 5.73 Å². The van der Waals surface area contributed by atoms with Crippen molar-refractivity contribution in [3.8, 4) is 0 Å². The molecule has 1 aromatic carbocycles. The van der Waals surface area contributed by atoms with E-state index in [4.69, 9.17) is 10.6 Å². The zero-order valence-electron chi connectivity index (χ0n) is 10.6. The van der Waals surface area contributed by atoms with E-state index >= 15 is 0 Å². The van der Waals surface area contributed by atoms with Crippen molar-refractivity contribution < 1.29 is 9.63 Å². The van der Waals surface area contributed by atoms with Crippen LogP contribution in [-0.2, 0) is 4.84 Å². The maximum absolute atomic E-state index is 11.3. The number of nitrogens with zero attached hydrogens (tertiary/aromatic N) is 1. The number of urea groups is 1. The maximum atomic E-state index is 11.3. The molecule has 0 fully saturated rings. The monoisotopic (exact) mass is 236 g/mol. The Kier molecular flexibility index (Phi) is 4.97. The molecule has 1 atom stereocenters. The number of hydrogen-bond acceptors (Lipinski definition) is 2. The van der Waals surface area contributed by atoms with Crippen LogP contribution in [0, 0.1) is 6.92 Å². The molecule has 17 heavy (non-hydrogen) atoms. The van der Waals surface area contributed by atoms with Crippen LogP contribution >= 0.6 is 0 Å². The number of hydrogen-bond donors (Lipinski definition) is 1. The van der Waals surface area contributed by atoms with E-state index in [-0.39, 0.29) is 6.10 Å². The first-order chi connectivity index (χ1) is 8.04. The normalized spacial score (nSPS) is 12.2. The Labute approximate surface area is 102 Å². The Bertz CT molecular complexity index is 362. The second kappa shape index (κ2) is 6.25. The predicted molar refractivity (Wildman–Crippen MR) is 68.7 cm³/mol. The summed E-state index contributed by atoms with van der Waals surface area (Å²) in [5.74, 6) is 0. The molecule has 4 heteroatoms. The van der Waals surface area contributed by atoms with Gasteiger partial charge in [0.1, 0.15) is 0 Å². The van der Waals surface area contributed by atoms with E-state index < -0.39 is 6.03 Å². The van der Waals surface area contributed by atoms with Gasteiger partial charge in [0.05, 0.1) is 11.8 Å². The Hall–Kier alpha value is -1.55. The van der Waals surface area contributed by atoms with E-state index in [9.17, 15) is 4.79 Å². The molecule has 0 aliphatic rings. The molecule has 2 amide bonds. The maximum Gasteiger partial charge on any atom is 0.343 e. The van der Waals surface area contributed by atoms with Gasteiger partial charge in [0.2, 0.25) is 0 Å². The van der Waals surface area contributed by atoms with Crippen molar-refractivity contribution in [3.05, 3.63) is 29.8 Å². The van der Waals surface area contributed by atoms with E-state index in [1.54, 1.807) is 0 Å². The van der Waals surface area contributed by atoms with Gasteiger partial charge in [0, 0.05) is 0 Å². The minimum absolute atomic E-state index is 0.0335. The van der Waals surface area contributed by atoms with E-state index in [1.165, 1.54) is 0 Å². The van der Waals surface area contributed by atoms with Gasteiger partial charge >= 0.3 is 6.03 Å². The van der Waals surface area contributed by atoms with Crippen molar-refractivity contribution in [1.29, 1.82) is 0 Å². The van der Waals surface area contributed by atoms with E-state index in [1.807, 2.05) is 38.1 Å². The summed E-state index contributed by atoms with van der Waals surface area (Å²) >= 11 is 0. The molecule has 0 unspecified atom stereocenters. The van der Waals surface area contributed by atoms with E-state index in [2.05, 4.69) is 6.92 Å². The minimum atomic E-state index is -0.600. The number of carbonyl (C=O) groups excluding carboxylic acids is 1. The predicted octanol–water partition coefficient (Wildman–Crippen LogP) is 3.00. The van der Waals surface area contributed by atoms with Crippen LogP contribution < -0.4 is 10.8 Å². The van der Waals surface area contributed by atoms with Crippen molar-refractivity contribution in [3.63, 3.8) is 0 Å². The Morgan fingerprint density at radius 1 is 1.41 bits per heavy atom. The van der Waals surface area contributed by atoms with Crippen molar-refractivity contribution in [2.24, 2.45) is 5.73 Å². The third-order valence-corrected chi connectivity index (χ3v) is 2.45. The van der Waals surface area contributed by atoms with Gasteiger partial charge in [-0.25, -0.2) is 4.79 Å². The number of primary amides is 1. The summed E-state index contributed by atoms with van der Waals surface area (Å²) in [6, 6.07) is 6.87. The number of benzene rings is 1. The highest BCUT2D eigenvalue weighted by Gasteiger charge is 2.16. The lowest BCUT2D eigenvalue weighted by atomic mass is 10.2. The summed E-state index contributed by atoms with van der Waals surface area (Å²) < 4.78 is 0. The van der Waals surface area contributed by atoms with Crippen molar-refractivity contribution >= 4 is 11.7 Å². The topological polar surface area (TPSA) is 55.6 Å². The van der Waals surface area contributed by atoms with Crippen LogP contribution in [0.2, 0.25) is 0 Å². The highest BCUT2D eigenvalue weighted by Crippen LogP contribution is 2.17. The fraction of sp³-hybridized carbons (Fsp3) is 0.462. The standard InChI is InChI=1S/C13H20N2O2/c1-4-5-11(3)17-15(13(14)16)12-8-6-10(2)7-9-12/h6-9,11H,4-5H2,1-3H3,(H2,14,16)/t11-/m0/s1. The average molecular weight is 236 g/mol. The van der Waals surface area contributed by atoms with Crippen LogP contribution in [0.25, 0.3) is 0 Å². The molecule has 0 aliphatic carbocycles. The lowest BCUT2D eigenvalue weighted by Crippen LogP contribution is -2.38. The minimum Gasteiger partial charge on any atom is -0.349 e. The molecule has 0 heterocycles. The number of amides is 2. The van der Waals surface area contributed by atoms with Crippen LogP contribution in [0.15, 0.2) is 24.3 Å². The average Bonchev–Trinajstić information content (AvgIpc) is 2.27. The second-order valence-corrected chi connectivity index (χ2v) is 4.17. The number of hydroxylamine groups is 1. The second-order valence-electron chi connectivity index (χ2n) is 4.17. The zero-order valence-corrected chi connectivity index (χ0v) is 10.6. The van der Waals surface area contributed by atoms with Crippen molar-refractivity contribution in [2.45, 2.75) is 39.7 Å².